The van der Waals surface area contributed by atoms with Crippen molar-refractivity contribution in [3.05, 3.63) is 70.7 Å². The van der Waals surface area contributed by atoms with Crippen LogP contribution in [0.15, 0.2) is 60.1 Å². The van der Waals surface area contributed by atoms with Gasteiger partial charge in [0.2, 0.25) is 0 Å². The van der Waals surface area contributed by atoms with E-state index in [1.807, 2.05) is 29.6 Å². The molecule has 0 bridgehead atoms. The lowest BCUT2D eigenvalue weighted by atomic mass is 10.1. The summed E-state index contributed by atoms with van der Waals surface area (Å²) >= 11 is 1.39. The highest BCUT2D eigenvalue weighted by Crippen LogP contribution is 2.28. The minimum absolute atomic E-state index is 0.332. The van der Waals surface area contributed by atoms with Crippen molar-refractivity contribution in [2.75, 3.05) is 19.0 Å². The number of allylic oxidation sites excluding steroid dienone is 1. The van der Waals surface area contributed by atoms with Gasteiger partial charge in [0.05, 0.1) is 25.0 Å². The molecule has 1 aromatic heterocycles. The smallest absolute Gasteiger partial charge is 0.338 e. The summed E-state index contributed by atoms with van der Waals surface area (Å²) in [6, 6.07) is 16.6. The zero-order valence-corrected chi connectivity index (χ0v) is 16.8. The van der Waals surface area contributed by atoms with Crippen molar-refractivity contribution < 1.29 is 14.3 Å². The number of aromatic nitrogens is 1. The predicted molar refractivity (Wildman–Crippen MR) is 114 cm³/mol. The number of hydrogen-bond acceptors (Lipinski definition) is 7. The number of ether oxygens (including phenoxy) is 2. The average molecular weight is 405 g/mol. The number of thiazole rings is 1. The molecule has 0 saturated carbocycles. The fourth-order valence-corrected chi connectivity index (χ4v) is 3.32. The normalized spacial score (nSPS) is 10.9. The van der Waals surface area contributed by atoms with E-state index in [9.17, 15) is 10.1 Å². The molecule has 0 unspecified atom stereocenters. The second-order valence-electron chi connectivity index (χ2n) is 5.88. The summed E-state index contributed by atoms with van der Waals surface area (Å²) in [5, 5.41) is 15.1. The Bertz CT molecular complexity index is 1070. The molecule has 1 N–H and O–H groups in total. The zero-order chi connectivity index (χ0) is 20.6. The number of benzene rings is 2. The molecule has 6 nitrogen and oxygen atoms in total. The fraction of sp³-hybridized carbons (Fsp3) is 0.136. The molecule has 0 aliphatic carbocycles. The van der Waals surface area contributed by atoms with Gasteiger partial charge in [-0.3, -0.25) is 0 Å². The number of nitrogens with zero attached hydrogens (tertiary/aromatic N) is 2. The van der Waals surface area contributed by atoms with Crippen LogP contribution in [0.4, 0.5) is 5.69 Å². The van der Waals surface area contributed by atoms with Crippen LogP contribution in [-0.2, 0) is 4.74 Å². The third-order valence-electron chi connectivity index (χ3n) is 4.00. The number of esters is 1. The van der Waals surface area contributed by atoms with Crippen molar-refractivity contribution in [1.82, 2.24) is 4.98 Å². The summed E-state index contributed by atoms with van der Waals surface area (Å²) in [5.74, 6) is 0.390. The Morgan fingerprint density at radius 2 is 2.07 bits per heavy atom. The van der Waals surface area contributed by atoms with Gasteiger partial charge in [-0.05, 0) is 43.3 Å². The lowest BCUT2D eigenvalue weighted by Crippen LogP contribution is -2.04. The van der Waals surface area contributed by atoms with Gasteiger partial charge in [0, 0.05) is 22.8 Å². The van der Waals surface area contributed by atoms with E-state index < -0.39 is 0 Å². The van der Waals surface area contributed by atoms with Crippen molar-refractivity contribution in [1.29, 1.82) is 5.26 Å². The van der Waals surface area contributed by atoms with E-state index in [-0.39, 0.29) is 5.97 Å². The van der Waals surface area contributed by atoms with E-state index in [1.165, 1.54) is 11.3 Å². The molecule has 0 radical (unpaired) electrons. The third kappa shape index (κ3) is 5.00. The molecular weight excluding hydrogens is 386 g/mol. The van der Waals surface area contributed by atoms with Gasteiger partial charge in [-0.2, -0.15) is 5.26 Å². The number of hydrogen-bond donors (Lipinski definition) is 1. The maximum Gasteiger partial charge on any atom is 0.338 e. The van der Waals surface area contributed by atoms with Gasteiger partial charge in [0.1, 0.15) is 22.4 Å². The molecule has 146 valence electrons. The number of nitrogens with one attached hydrogen (secondary N) is 1. The molecule has 0 saturated heterocycles. The van der Waals surface area contributed by atoms with E-state index in [0.29, 0.717) is 22.8 Å². The van der Waals surface area contributed by atoms with Crippen LogP contribution in [0, 0.1) is 11.3 Å². The lowest BCUT2D eigenvalue weighted by molar-refractivity contribution is 0.0526. The molecule has 0 aliphatic rings. The highest BCUT2D eigenvalue weighted by atomic mass is 32.1. The molecule has 7 heteroatoms. The van der Waals surface area contributed by atoms with Gasteiger partial charge in [0.15, 0.2) is 0 Å². The summed E-state index contributed by atoms with van der Waals surface area (Å²) < 4.78 is 10.2. The van der Waals surface area contributed by atoms with E-state index in [4.69, 9.17) is 9.47 Å². The molecule has 29 heavy (non-hydrogen) atoms. The summed E-state index contributed by atoms with van der Waals surface area (Å²) in [6.45, 7) is 2.10. The number of rotatable bonds is 7. The van der Waals surface area contributed by atoms with Crippen LogP contribution in [0.1, 0.15) is 22.3 Å². The standard InChI is InChI=1S/C22H19N3O3S/c1-3-28-22(26)15-7-9-18(10-8-15)24-13-17(12-23)21-25-20(14-29-21)16-5-4-6-19(11-16)27-2/h4-11,13-14,24H,3H2,1-2H3/b17-13+. The van der Waals surface area contributed by atoms with E-state index in [0.717, 1.165) is 22.7 Å². The summed E-state index contributed by atoms with van der Waals surface area (Å²) in [4.78, 5) is 16.3. The van der Waals surface area contributed by atoms with Gasteiger partial charge in [-0.15, -0.1) is 11.3 Å². The summed E-state index contributed by atoms with van der Waals surface area (Å²) in [7, 11) is 1.62. The largest absolute Gasteiger partial charge is 0.497 e. The maximum atomic E-state index is 11.7. The van der Waals surface area contributed by atoms with Crippen LogP contribution >= 0.6 is 11.3 Å². The van der Waals surface area contributed by atoms with Gasteiger partial charge in [-0.1, -0.05) is 12.1 Å². The first-order valence-corrected chi connectivity index (χ1v) is 9.77. The Labute approximate surface area is 173 Å². The molecular formula is C22H19N3O3S. The number of anilines is 1. The Morgan fingerprint density at radius 3 is 2.76 bits per heavy atom. The van der Waals surface area contributed by atoms with Gasteiger partial charge in [-0.25, -0.2) is 9.78 Å². The zero-order valence-electron chi connectivity index (χ0n) is 16.0. The van der Waals surface area contributed by atoms with Crippen molar-refractivity contribution >= 4 is 28.6 Å². The minimum Gasteiger partial charge on any atom is -0.497 e. The van der Waals surface area contributed by atoms with Crippen LogP contribution < -0.4 is 10.1 Å². The summed E-state index contributed by atoms with van der Waals surface area (Å²) in [6.07, 6.45) is 1.60. The first-order chi connectivity index (χ1) is 14.1. The molecule has 3 rings (SSSR count). The third-order valence-corrected chi connectivity index (χ3v) is 4.88. The quantitative estimate of drug-likeness (QED) is 0.441. The van der Waals surface area contributed by atoms with E-state index in [1.54, 1.807) is 44.5 Å². The molecule has 0 fully saturated rings. The van der Waals surface area contributed by atoms with Gasteiger partial charge < -0.3 is 14.8 Å². The first-order valence-electron chi connectivity index (χ1n) is 8.89. The molecule has 2 aromatic carbocycles. The van der Waals surface area contributed by atoms with Crippen molar-refractivity contribution in [2.24, 2.45) is 0 Å². The Morgan fingerprint density at radius 1 is 1.28 bits per heavy atom. The van der Waals surface area contributed by atoms with E-state index in [2.05, 4.69) is 16.4 Å². The number of nitriles is 1. The molecule has 0 atom stereocenters. The van der Waals surface area contributed by atoms with E-state index >= 15 is 0 Å². The van der Waals surface area contributed by atoms with Crippen LogP contribution in [0.3, 0.4) is 0 Å². The highest BCUT2D eigenvalue weighted by molar-refractivity contribution is 7.11. The molecule has 0 aliphatic heterocycles. The number of carbonyl (C=O) groups is 1. The fourth-order valence-electron chi connectivity index (χ4n) is 2.53. The number of methoxy groups -OCH3 is 1. The minimum atomic E-state index is -0.361. The highest BCUT2D eigenvalue weighted by Gasteiger charge is 2.10. The average Bonchev–Trinajstić information content (AvgIpc) is 3.25. The van der Waals surface area contributed by atoms with Gasteiger partial charge in [0.25, 0.3) is 0 Å². The Balaban J connectivity index is 1.74. The predicted octanol–water partition coefficient (Wildman–Crippen LogP) is 4.97. The summed E-state index contributed by atoms with van der Waals surface area (Å²) in [5.41, 5.74) is 3.34. The first kappa shape index (κ1) is 20.1. The number of carbonyl (C=O) groups excluding carboxylic acids is 1. The van der Waals surface area contributed by atoms with Crippen molar-refractivity contribution in [2.45, 2.75) is 6.92 Å². The monoisotopic (exact) mass is 405 g/mol. The molecule has 0 spiro atoms. The van der Waals surface area contributed by atoms with Crippen LogP contribution in [0.2, 0.25) is 0 Å². The van der Waals surface area contributed by atoms with Crippen LogP contribution in [0.5, 0.6) is 5.75 Å². The lowest BCUT2D eigenvalue weighted by Gasteiger charge is -2.04. The second-order valence-corrected chi connectivity index (χ2v) is 6.74. The van der Waals surface area contributed by atoms with Crippen LogP contribution in [0.25, 0.3) is 16.8 Å². The topological polar surface area (TPSA) is 84.2 Å². The Hall–Kier alpha value is -3.63. The molecule has 1 heterocycles. The van der Waals surface area contributed by atoms with Crippen molar-refractivity contribution in [3.8, 4) is 23.1 Å². The SMILES string of the molecule is CCOC(=O)c1ccc(N/C=C(\C#N)c2nc(-c3cccc(OC)c3)cs2)cc1. The molecule has 0 amide bonds. The second kappa shape index (κ2) is 9.53. The van der Waals surface area contributed by atoms with Gasteiger partial charge >= 0.3 is 5.97 Å². The Kier molecular flexibility index (Phi) is 6.61. The molecule has 3 aromatic rings. The van der Waals surface area contributed by atoms with Crippen LogP contribution in [-0.4, -0.2) is 24.7 Å². The maximum absolute atomic E-state index is 11.7. The van der Waals surface area contributed by atoms with Crippen molar-refractivity contribution in [3.63, 3.8) is 0 Å².